The molecule has 0 aromatic carbocycles. The first-order chi connectivity index (χ1) is 9.14. The second-order valence-corrected chi connectivity index (χ2v) is 6.51. The van der Waals surface area contributed by atoms with Gasteiger partial charge in [0.2, 0.25) is 5.91 Å². The van der Waals surface area contributed by atoms with E-state index in [0.717, 1.165) is 6.42 Å². The molecule has 0 N–H and O–H groups in total. The Bertz CT molecular complexity index is 448. The fraction of sp³-hybridized carbons (Fsp3) is 0.706. The van der Waals surface area contributed by atoms with Crippen LogP contribution in [0.2, 0.25) is 0 Å². The molecule has 2 aliphatic carbocycles. The van der Waals surface area contributed by atoms with Crippen molar-refractivity contribution in [3.63, 3.8) is 0 Å². The molecule has 4 aliphatic rings. The van der Waals surface area contributed by atoms with Gasteiger partial charge in [-0.15, -0.1) is 0 Å². The van der Waals surface area contributed by atoms with Gasteiger partial charge in [-0.3, -0.25) is 4.79 Å². The Hall–Kier alpha value is -1.05. The summed E-state index contributed by atoms with van der Waals surface area (Å²) in [6.45, 7) is 2.22. The Morgan fingerprint density at radius 3 is 2.47 bits per heavy atom. The number of carbonyl (C=O) groups is 1. The van der Waals surface area contributed by atoms with Gasteiger partial charge in [0.05, 0.1) is 11.5 Å². The van der Waals surface area contributed by atoms with Crippen molar-refractivity contribution in [2.45, 2.75) is 63.8 Å². The fourth-order valence-electron chi connectivity index (χ4n) is 4.04. The van der Waals surface area contributed by atoms with Gasteiger partial charge in [0.25, 0.3) is 0 Å². The van der Waals surface area contributed by atoms with Crippen molar-refractivity contribution < 1.29 is 4.79 Å². The molecule has 0 spiro atoms. The van der Waals surface area contributed by atoms with Gasteiger partial charge in [-0.2, -0.15) is 0 Å². The third kappa shape index (κ3) is 1.96. The monoisotopic (exact) mass is 259 g/mol. The zero-order chi connectivity index (χ0) is 13.5. The molecule has 2 bridgehead atoms. The van der Waals surface area contributed by atoms with Crippen molar-refractivity contribution in [3.05, 3.63) is 23.3 Å². The molecule has 104 valence electrons. The van der Waals surface area contributed by atoms with E-state index in [2.05, 4.69) is 19.1 Å². The number of likely N-dealkylation sites (N-methyl/N-ethyl adjacent to an activating group) is 1. The van der Waals surface area contributed by atoms with Crippen LogP contribution in [0, 0.1) is 5.92 Å². The molecule has 4 rings (SSSR count). The van der Waals surface area contributed by atoms with Crippen molar-refractivity contribution in [1.29, 1.82) is 0 Å². The number of hydrogen-bond acceptors (Lipinski definition) is 1. The van der Waals surface area contributed by atoms with Crippen LogP contribution in [0.1, 0.15) is 58.3 Å². The van der Waals surface area contributed by atoms with E-state index in [1.165, 1.54) is 50.5 Å². The topological polar surface area (TPSA) is 20.3 Å². The van der Waals surface area contributed by atoms with Gasteiger partial charge in [-0.25, -0.2) is 0 Å². The van der Waals surface area contributed by atoms with Gasteiger partial charge in [0, 0.05) is 7.05 Å². The predicted octanol–water partition coefficient (Wildman–Crippen LogP) is 3.83. The SMILES string of the molecule is CN1C(=O)C2C=CC1(C)C1=C2CCCCCCCC1. The number of carbonyl (C=O) groups excluding carboxylic acids is 1. The average molecular weight is 259 g/mol. The molecule has 0 aromatic rings. The minimum Gasteiger partial charge on any atom is -0.332 e. The first-order valence-electron chi connectivity index (χ1n) is 7.84. The molecule has 2 atom stereocenters. The van der Waals surface area contributed by atoms with E-state index in [1.54, 1.807) is 5.57 Å². The molecule has 2 aliphatic heterocycles. The summed E-state index contributed by atoms with van der Waals surface area (Å²) in [6.07, 6.45) is 14.7. The fourth-order valence-corrected chi connectivity index (χ4v) is 4.04. The highest BCUT2D eigenvalue weighted by Gasteiger charge is 2.47. The second kappa shape index (κ2) is 4.81. The first-order valence-corrected chi connectivity index (χ1v) is 7.84. The number of amides is 1. The van der Waals surface area contributed by atoms with Crippen molar-refractivity contribution in [2.75, 3.05) is 7.05 Å². The largest absolute Gasteiger partial charge is 0.332 e. The minimum atomic E-state index is -0.139. The van der Waals surface area contributed by atoms with E-state index in [1.807, 2.05) is 11.9 Å². The molecule has 0 radical (unpaired) electrons. The number of fused-ring (bicyclic) bond motifs is 1. The van der Waals surface area contributed by atoms with Gasteiger partial charge in [-0.1, -0.05) is 43.4 Å². The van der Waals surface area contributed by atoms with Crippen molar-refractivity contribution >= 4 is 5.91 Å². The van der Waals surface area contributed by atoms with E-state index < -0.39 is 0 Å². The number of rotatable bonds is 0. The smallest absolute Gasteiger partial charge is 0.234 e. The average Bonchev–Trinajstić information content (AvgIpc) is 2.42. The van der Waals surface area contributed by atoms with Gasteiger partial charge < -0.3 is 4.90 Å². The summed E-state index contributed by atoms with van der Waals surface area (Å²) in [5, 5.41) is 0. The van der Waals surface area contributed by atoms with Gasteiger partial charge >= 0.3 is 0 Å². The van der Waals surface area contributed by atoms with Gasteiger partial charge in [0.1, 0.15) is 0 Å². The third-order valence-corrected chi connectivity index (χ3v) is 5.40. The highest BCUT2D eigenvalue weighted by molar-refractivity contribution is 5.89. The lowest BCUT2D eigenvalue weighted by molar-refractivity contribution is -0.137. The Labute approximate surface area is 116 Å². The number of hydrogen-bond donors (Lipinski definition) is 0. The summed E-state index contributed by atoms with van der Waals surface area (Å²) >= 11 is 0. The van der Waals surface area contributed by atoms with Crippen molar-refractivity contribution in [2.24, 2.45) is 5.92 Å². The molecule has 2 heteroatoms. The molecular weight excluding hydrogens is 234 g/mol. The third-order valence-electron chi connectivity index (χ3n) is 5.40. The minimum absolute atomic E-state index is 0.0567. The summed E-state index contributed by atoms with van der Waals surface area (Å²) < 4.78 is 0. The Kier molecular flexibility index (Phi) is 3.28. The van der Waals surface area contributed by atoms with E-state index in [4.69, 9.17) is 0 Å². The molecule has 0 saturated heterocycles. The molecule has 2 unspecified atom stereocenters. The van der Waals surface area contributed by atoms with Crippen LogP contribution in [0.25, 0.3) is 0 Å². The zero-order valence-electron chi connectivity index (χ0n) is 12.2. The normalized spacial score (nSPS) is 35.6. The molecular formula is C17H25NO. The van der Waals surface area contributed by atoms with E-state index in [0.29, 0.717) is 5.91 Å². The zero-order valence-corrected chi connectivity index (χ0v) is 12.2. The number of nitrogens with zero attached hydrogens (tertiary/aromatic N) is 1. The van der Waals surface area contributed by atoms with Gasteiger partial charge in [-0.05, 0) is 38.2 Å². The standard InChI is InChI=1S/C17H25NO/c1-17-12-11-14(16(19)18(17)2)13-9-7-5-3-4-6-8-10-15(13)17/h11-12,14H,3-10H2,1-2H3. The van der Waals surface area contributed by atoms with Gasteiger partial charge in [0.15, 0.2) is 0 Å². The summed E-state index contributed by atoms with van der Waals surface area (Å²) in [6, 6.07) is 0. The van der Waals surface area contributed by atoms with E-state index >= 15 is 0 Å². The van der Waals surface area contributed by atoms with Crippen LogP contribution in [0.3, 0.4) is 0 Å². The maximum atomic E-state index is 12.4. The molecule has 2 heterocycles. The van der Waals surface area contributed by atoms with Crippen molar-refractivity contribution in [1.82, 2.24) is 4.90 Å². The summed E-state index contributed by atoms with van der Waals surface area (Å²) in [5.41, 5.74) is 2.89. The lowest BCUT2D eigenvalue weighted by atomic mass is 9.69. The molecule has 1 amide bonds. The maximum absolute atomic E-state index is 12.4. The van der Waals surface area contributed by atoms with Crippen LogP contribution in [-0.2, 0) is 4.79 Å². The first kappa shape index (κ1) is 13.0. The van der Waals surface area contributed by atoms with Crippen LogP contribution in [0.15, 0.2) is 23.3 Å². The maximum Gasteiger partial charge on any atom is 0.234 e. The molecule has 0 fully saturated rings. The van der Waals surface area contributed by atoms with Crippen LogP contribution in [0.5, 0.6) is 0 Å². The summed E-state index contributed by atoms with van der Waals surface area (Å²) in [4.78, 5) is 14.4. The molecule has 0 aromatic heterocycles. The second-order valence-electron chi connectivity index (χ2n) is 6.51. The Morgan fingerprint density at radius 2 is 1.74 bits per heavy atom. The predicted molar refractivity (Wildman–Crippen MR) is 77.8 cm³/mol. The van der Waals surface area contributed by atoms with E-state index in [9.17, 15) is 4.79 Å². The highest BCUT2D eigenvalue weighted by Crippen LogP contribution is 2.46. The molecule has 19 heavy (non-hydrogen) atoms. The summed E-state index contributed by atoms with van der Waals surface area (Å²) in [5.74, 6) is 0.363. The molecule has 0 saturated carbocycles. The van der Waals surface area contributed by atoms with Crippen LogP contribution in [-0.4, -0.2) is 23.4 Å². The van der Waals surface area contributed by atoms with E-state index in [-0.39, 0.29) is 11.5 Å². The lowest BCUT2D eigenvalue weighted by Gasteiger charge is -2.50. The Morgan fingerprint density at radius 1 is 1.11 bits per heavy atom. The molecule has 2 nitrogen and oxygen atoms in total. The Balaban J connectivity index is 1.99. The van der Waals surface area contributed by atoms with Crippen LogP contribution in [0.4, 0.5) is 0 Å². The summed E-state index contributed by atoms with van der Waals surface area (Å²) in [7, 11) is 1.97. The van der Waals surface area contributed by atoms with Crippen molar-refractivity contribution in [3.8, 4) is 0 Å². The lowest BCUT2D eigenvalue weighted by Crippen LogP contribution is -2.56. The van der Waals surface area contributed by atoms with Crippen LogP contribution >= 0.6 is 0 Å². The highest BCUT2D eigenvalue weighted by atomic mass is 16.2. The quantitative estimate of drug-likeness (QED) is 0.605. The van der Waals surface area contributed by atoms with Crippen LogP contribution < -0.4 is 0 Å².